The van der Waals surface area contributed by atoms with Crippen LogP contribution in [-0.4, -0.2) is 34.6 Å². The monoisotopic (exact) mass is 424 g/mol. The minimum atomic E-state index is -0.714. The SMILES string of the molecule is NCc1ccc(CNC(=O)c2ccc3c(c2)C(=O)N(C2CCC(=O)NC2=O)C3)c(F)c1. The molecule has 4 amide bonds. The molecule has 0 aliphatic carbocycles. The summed E-state index contributed by atoms with van der Waals surface area (Å²) in [4.78, 5) is 50.3. The Morgan fingerprint density at radius 3 is 2.71 bits per heavy atom. The molecule has 160 valence electrons. The molecule has 9 heteroatoms. The van der Waals surface area contributed by atoms with Crippen LogP contribution in [0.1, 0.15) is 50.2 Å². The lowest BCUT2D eigenvalue weighted by molar-refractivity contribution is -0.136. The van der Waals surface area contributed by atoms with Gasteiger partial charge in [-0.2, -0.15) is 0 Å². The van der Waals surface area contributed by atoms with E-state index in [4.69, 9.17) is 5.73 Å². The van der Waals surface area contributed by atoms with Crippen molar-refractivity contribution < 1.29 is 23.6 Å². The summed E-state index contributed by atoms with van der Waals surface area (Å²) in [6.07, 6.45) is 0.444. The van der Waals surface area contributed by atoms with E-state index in [1.165, 1.54) is 17.0 Å². The van der Waals surface area contributed by atoms with Crippen LogP contribution in [0.5, 0.6) is 0 Å². The molecule has 8 nitrogen and oxygen atoms in total. The number of fused-ring (bicyclic) bond motifs is 1. The summed E-state index contributed by atoms with van der Waals surface area (Å²) in [6.45, 7) is 0.451. The number of benzene rings is 2. The molecule has 4 rings (SSSR count). The van der Waals surface area contributed by atoms with Crippen LogP contribution in [0, 0.1) is 5.82 Å². The fourth-order valence-corrected chi connectivity index (χ4v) is 3.83. The number of nitrogens with two attached hydrogens (primary N) is 1. The molecule has 1 fully saturated rings. The van der Waals surface area contributed by atoms with Gasteiger partial charge in [-0.05, 0) is 35.7 Å². The zero-order valence-electron chi connectivity index (χ0n) is 16.6. The number of hydrogen-bond donors (Lipinski definition) is 3. The Balaban J connectivity index is 1.45. The number of imide groups is 1. The number of carbonyl (C=O) groups excluding carboxylic acids is 4. The molecule has 2 heterocycles. The maximum absolute atomic E-state index is 14.1. The van der Waals surface area contributed by atoms with Crippen molar-refractivity contribution in [2.24, 2.45) is 5.73 Å². The van der Waals surface area contributed by atoms with E-state index < -0.39 is 23.7 Å². The Bertz CT molecular complexity index is 1100. The Labute approximate surface area is 177 Å². The number of nitrogens with one attached hydrogen (secondary N) is 2. The van der Waals surface area contributed by atoms with Crippen molar-refractivity contribution in [2.45, 2.75) is 38.5 Å². The van der Waals surface area contributed by atoms with Crippen molar-refractivity contribution in [3.8, 4) is 0 Å². The van der Waals surface area contributed by atoms with Gasteiger partial charge in [-0.25, -0.2) is 4.39 Å². The first-order valence-corrected chi connectivity index (χ1v) is 9.90. The second-order valence-corrected chi connectivity index (χ2v) is 7.58. The predicted octanol–water partition coefficient (Wildman–Crippen LogP) is 0.975. The van der Waals surface area contributed by atoms with Crippen LogP contribution in [0.25, 0.3) is 0 Å². The minimum absolute atomic E-state index is 0.0110. The molecule has 0 radical (unpaired) electrons. The van der Waals surface area contributed by atoms with Crippen LogP contribution in [0.15, 0.2) is 36.4 Å². The molecule has 2 aliphatic heterocycles. The molecule has 0 aromatic heterocycles. The smallest absolute Gasteiger partial charge is 0.255 e. The number of amides is 4. The zero-order chi connectivity index (χ0) is 22.1. The van der Waals surface area contributed by atoms with E-state index in [0.717, 1.165) is 0 Å². The summed E-state index contributed by atoms with van der Waals surface area (Å²) in [6, 6.07) is 8.62. The van der Waals surface area contributed by atoms with E-state index in [2.05, 4.69) is 10.6 Å². The van der Waals surface area contributed by atoms with Gasteiger partial charge in [0, 0.05) is 42.7 Å². The van der Waals surface area contributed by atoms with E-state index in [1.54, 1.807) is 24.3 Å². The molecular formula is C22H21FN4O4. The van der Waals surface area contributed by atoms with Crippen LogP contribution in [0.3, 0.4) is 0 Å². The lowest BCUT2D eigenvalue weighted by atomic mass is 10.0. The highest BCUT2D eigenvalue weighted by molar-refractivity contribution is 6.06. The molecule has 1 saturated heterocycles. The van der Waals surface area contributed by atoms with Crippen molar-refractivity contribution in [2.75, 3.05) is 0 Å². The average Bonchev–Trinajstić information content (AvgIpc) is 3.08. The maximum atomic E-state index is 14.1. The van der Waals surface area contributed by atoms with Gasteiger partial charge in [-0.1, -0.05) is 18.2 Å². The van der Waals surface area contributed by atoms with E-state index >= 15 is 0 Å². The first kappa shape index (κ1) is 20.7. The lowest BCUT2D eigenvalue weighted by Gasteiger charge is -2.29. The summed E-state index contributed by atoms with van der Waals surface area (Å²) in [7, 11) is 0. The third-order valence-corrected chi connectivity index (χ3v) is 5.58. The van der Waals surface area contributed by atoms with Gasteiger partial charge in [-0.3, -0.25) is 24.5 Å². The second kappa shape index (κ2) is 8.27. The number of hydrogen-bond acceptors (Lipinski definition) is 5. The first-order valence-electron chi connectivity index (χ1n) is 9.90. The third-order valence-electron chi connectivity index (χ3n) is 5.58. The number of halogens is 1. The molecule has 1 atom stereocenters. The van der Waals surface area contributed by atoms with Gasteiger partial charge in [0.1, 0.15) is 11.9 Å². The van der Waals surface area contributed by atoms with Crippen molar-refractivity contribution >= 4 is 23.6 Å². The van der Waals surface area contributed by atoms with Gasteiger partial charge in [0.25, 0.3) is 11.8 Å². The molecule has 4 N–H and O–H groups in total. The fraction of sp³-hybridized carbons (Fsp3) is 0.273. The quantitative estimate of drug-likeness (QED) is 0.618. The van der Waals surface area contributed by atoms with Gasteiger partial charge in [0.15, 0.2) is 0 Å². The first-order chi connectivity index (χ1) is 14.9. The second-order valence-electron chi connectivity index (χ2n) is 7.58. The maximum Gasteiger partial charge on any atom is 0.255 e. The summed E-state index contributed by atoms with van der Waals surface area (Å²) in [5.41, 5.74) is 7.78. The van der Waals surface area contributed by atoms with E-state index in [0.29, 0.717) is 22.3 Å². The van der Waals surface area contributed by atoms with Crippen molar-refractivity contribution in [3.63, 3.8) is 0 Å². The normalized spacial score (nSPS) is 18.1. The number of carbonyl (C=O) groups is 4. The van der Waals surface area contributed by atoms with Gasteiger partial charge in [0.05, 0.1) is 0 Å². The molecule has 0 bridgehead atoms. The third kappa shape index (κ3) is 4.04. The van der Waals surface area contributed by atoms with Crippen LogP contribution in [0.4, 0.5) is 4.39 Å². The number of rotatable bonds is 5. The number of nitrogens with zero attached hydrogens (tertiary/aromatic N) is 1. The highest BCUT2D eigenvalue weighted by atomic mass is 19.1. The van der Waals surface area contributed by atoms with Gasteiger partial charge < -0.3 is 16.0 Å². The highest BCUT2D eigenvalue weighted by Gasteiger charge is 2.39. The highest BCUT2D eigenvalue weighted by Crippen LogP contribution is 2.28. The molecule has 0 saturated carbocycles. The van der Waals surface area contributed by atoms with Gasteiger partial charge in [0.2, 0.25) is 11.8 Å². The number of piperidine rings is 1. The van der Waals surface area contributed by atoms with Crippen molar-refractivity contribution in [1.29, 1.82) is 0 Å². The van der Waals surface area contributed by atoms with Gasteiger partial charge >= 0.3 is 0 Å². The molecule has 2 aromatic carbocycles. The summed E-state index contributed by atoms with van der Waals surface area (Å²) >= 11 is 0. The Kier molecular flexibility index (Phi) is 5.51. The topological polar surface area (TPSA) is 122 Å². The molecule has 1 unspecified atom stereocenters. The standard InChI is InChI=1S/C22H21FN4O4/c23-17-7-12(9-24)1-2-14(17)10-25-20(29)13-3-4-15-11-27(22(31)16(15)8-13)18-5-6-19(28)26-21(18)30/h1-4,7-8,18H,5-6,9-11,24H2,(H,25,29)(H,26,28,30). The zero-order valence-corrected chi connectivity index (χ0v) is 16.6. The van der Waals surface area contributed by atoms with E-state index in [1.807, 2.05) is 0 Å². The largest absolute Gasteiger partial charge is 0.348 e. The summed E-state index contributed by atoms with van der Waals surface area (Å²) in [5.74, 6) is -2.09. The van der Waals surface area contributed by atoms with E-state index in [9.17, 15) is 23.6 Å². The molecule has 0 spiro atoms. The Morgan fingerprint density at radius 2 is 2.00 bits per heavy atom. The van der Waals surface area contributed by atoms with Crippen molar-refractivity contribution in [3.05, 3.63) is 70.0 Å². The molecular weight excluding hydrogens is 403 g/mol. The molecule has 2 aromatic rings. The minimum Gasteiger partial charge on any atom is -0.348 e. The van der Waals surface area contributed by atoms with Crippen LogP contribution < -0.4 is 16.4 Å². The van der Waals surface area contributed by atoms with Crippen LogP contribution in [-0.2, 0) is 29.2 Å². The Hall–Kier alpha value is -3.59. The molecule has 2 aliphatic rings. The van der Waals surface area contributed by atoms with Gasteiger partial charge in [-0.15, -0.1) is 0 Å². The molecule has 31 heavy (non-hydrogen) atoms. The fourth-order valence-electron chi connectivity index (χ4n) is 3.83. The Morgan fingerprint density at radius 1 is 1.19 bits per heavy atom. The average molecular weight is 424 g/mol. The van der Waals surface area contributed by atoms with Crippen LogP contribution >= 0.6 is 0 Å². The lowest BCUT2D eigenvalue weighted by Crippen LogP contribution is -2.52. The summed E-state index contributed by atoms with van der Waals surface area (Å²) in [5, 5.41) is 4.90. The van der Waals surface area contributed by atoms with Crippen molar-refractivity contribution in [1.82, 2.24) is 15.5 Å². The van der Waals surface area contributed by atoms with Crippen LogP contribution in [0.2, 0.25) is 0 Å². The van der Waals surface area contributed by atoms with E-state index in [-0.39, 0.29) is 49.9 Å². The summed E-state index contributed by atoms with van der Waals surface area (Å²) < 4.78 is 14.1. The predicted molar refractivity (Wildman–Crippen MR) is 108 cm³/mol.